The van der Waals surface area contributed by atoms with Gasteiger partial charge in [-0.2, -0.15) is 0 Å². The summed E-state index contributed by atoms with van der Waals surface area (Å²) >= 11 is 0. The molecule has 1 fully saturated rings. The molecule has 1 aliphatic rings. The highest BCUT2D eigenvalue weighted by Crippen LogP contribution is 2.39. The van der Waals surface area contributed by atoms with E-state index in [0.29, 0.717) is 12.1 Å². The predicted octanol–water partition coefficient (Wildman–Crippen LogP) is 1.97. The first kappa shape index (κ1) is 20.2. The molecular formula is C20H20N4O5. The molecule has 0 aliphatic carbocycles. The summed E-state index contributed by atoms with van der Waals surface area (Å²) in [5, 5.41) is 21.9. The molecule has 2 aromatic rings. The molecule has 0 saturated carbocycles. The standard InChI is InChI=1S/C20H20N4O5/c1-22(2)9-10-23-17(14-6-4-8-21-12-14)16(19(26)20(23)27)18(25)13-5-3-7-15(11-13)24(28)29/h3-8,11-12,17,25H,9-10H2,1-2H3/b18-16-. The van der Waals surface area contributed by atoms with E-state index in [2.05, 4.69) is 4.98 Å². The summed E-state index contributed by atoms with van der Waals surface area (Å²) in [5.74, 6) is -2.01. The zero-order valence-electron chi connectivity index (χ0n) is 16.0. The quantitative estimate of drug-likeness (QED) is 0.261. The third-order valence-corrected chi connectivity index (χ3v) is 4.66. The second kappa shape index (κ2) is 8.19. The van der Waals surface area contributed by atoms with Crippen LogP contribution in [0.1, 0.15) is 17.2 Å². The monoisotopic (exact) mass is 396 g/mol. The van der Waals surface area contributed by atoms with Crippen molar-refractivity contribution in [3.05, 3.63) is 75.6 Å². The molecule has 1 atom stereocenters. The van der Waals surface area contributed by atoms with E-state index < -0.39 is 28.4 Å². The number of ketones is 1. The van der Waals surface area contributed by atoms with E-state index in [4.69, 9.17) is 0 Å². The lowest BCUT2D eigenvalue weighted by Crippen LogP contribution is -2.35. The SMILES string of the molecule is CN(C)CCN1C(=O)C(=O)/C(=C(\O)c2cccc([N+](=O)[O-])c2)C1c1cccnc1. The molecule has 2 heterocycles. The Balaban J connectivity index is 2.15. The Morgan fingerprint density at radius 3 is 2.66 bits per heavy atom. The minimum Gasteiger partial charge on any atom is -0.507 e. The van der Waals surface area contributed by atoms with Crippen LogP contribution in [0.4, 0.5) is 5.69 Å². The fourth-order valence-corrected chi connectivity index (χ4v) is 3.22. The van der Waals surface area contributed by atoms with Crippen LogP contribution in [0.5, 0.6) is 0 Å². The molecule has 0 bridgehead atoms. The van der Waals surface area contributed by atoms with E-state index in [9.17, 15) is 24.8 Å². The fourth-order valence-electron chi connectivity index (χ4n) is 3.22. The molecule has 9 nitrogen and oxygen atoms in total. The van der Waals surface area contributed by atoms with Gasteiger partial charge in [-0.05, 0) is 25.7 Å². The number of Topliss-reactive ketones (excluding diaryl/α,β-unsaturated/α-hetero) is 1. The number of nitro benzene ring substituents is 1. The molecule has 1 aliphatic heterocycles. The lowest BCUT2D eigenvalue weighted by Gasteiger charge is -2.26. The lowest BCUT2D eigenvalue weighted by atomic mass is 9.96. The highest BCUT2D eigenvalue weighted by Gasteiger charge is 2.46. The Bertz CT molecular complexity index is 987. The number of rotatable bonds is 6. The number of nitro groups is 1. The van der Waals surface area contributed by atoms with Crippen molar-refractivity contribution in [2.24, 2.45) is 0 Å². The zero-order valence-corrected chi connectivity index (χ0v) is 16.0. The molecule has 3 rings (SSSR count). The number of likely N-dealkylation sites (N-methyl/N-ethyl adjacent to an activating group) is 1. The maximum atomic E-state index is 12.8. The van der Waals surface area contributed by atoms with Gasteiger partial charge in [0.2, 0.25) is 0 Å². The number of non-ortho nitro benzene ring substituents is 1. The maximum absolute atomic E-state index is 12.8. The van der Waals surface area contributed by atoms with Gasteiger partial charge >= 0.3 is 0 Å². The number of benzene rings is 1. The molecule has 1 aromatic heterocycles. The highest BCUT2D eigenvalue weighted by molar-refractivity contribution is 6.46. The Kier molecular flexibility index (Phi) is 5.69. The summed E-state index contributed by atoms with van der Waals surface area (Å²) in [4.78, 5) is 43.3. The summed E-state index contributed by atoms with van der Waals surface area (Å²) in [7, 11) is 3.69. The number of aliphatic hydroxyl groups excluding tert-OH is 1. The normalized spacial score (nSPS) is 18.4. The first-order valence-electron chi connectivity index (χ1n) is 8.89. The van der Waals surface area contributed by atoms with Crippen LogP contribution >= 0.6 is 0 Å². The van der Waals surface area contributed by atoms with Crippen molar-refractivity contribution in [1.82, 2.24) is 14.8 Å². The van der Waals surface area contributed by atoms with E-state index >= 15 is 0 Å². The van der Waals surface area contributed by atoms with Crippen molar-refractivity contribution in [3.8, 4) is 0 Å². The van der Waals surface area contributed by atoms with Gasteiger partial charge in [-0.3, -0.25) is 24.7 Å². The van der Waals surface area contributed by atoms with Crippen molar-refractivity contribution in [1.29, 1.82) is 0 Å². The number of nitrogens with zero attached hydrogens (tertiary/aromatic N) is 4. The first-order valence-corrected chi connectivity index (χ1v) is 8.89. The van der Waals surface area contributed by atoms with Gasteiger partial charge < -0.3 is 14.9 Å². The van der Waals surface area contributed by atoms with Crippen LogP contribution in [0, 0.1) is 10.1 Å². The summed E-state index contributed by atoms with van der Waals surface area (Å²) in [6.07, 6.45) is 3.09. The molecule has 1 unspecified atom stereocenters. The van der Waals surface area contributed by atoms with Crippen LogP contribution in [0.15, 0.2) is 54.4 Å². The van der Waals surface area contributed by atoms with E-state index in [1.807, 2.05) is 19.0 Å². The number of amides is 1. The minimum atomic E-state index is -0.832. The number of aromatic nitrogens is 1. The van der Waals surface area contributed by atoms with Gasteiger partial charge in [-0.15, -0.1) is 0 Å². The van der Waals surface area contributed by atoms with E-state index in [0.717, 1.165) is 0 Å². The van der Waals surface area contributed by atoms with Crippen molar-refractivity contribution in [2.45, 2.75) is 6.04 Å². The molecular weight excluding hydrogens is 376 g/mol. The van der Waals surface area contributed by atoms with Crippen LogP contribution < -0.4 is 0 Å². The van der Waals surface area contributed by atoms with Gasteiger partial charge in [-0.25, -0.2) is 0 Å². The van der Waals surface area contributed by atoms with Gasteiger partial charge in [0.25, 0.3) is 17.4 Å². The summed E-state index contributed by atoms with van der Waals surface area (Å²) in [5.41, 5.74) is 0.326. The number of carbonyl (C=O) groups excluding carboxylic acids is 2. The Labute approximate surface area is 167 Å². The molecule has 1 amide bonds. The summed E-state index contributed by atoms with van der Waals surface area (Å²) < 4.78 is 0. The molecule has 1 saturated heterocycles. The minimum absolute atomic E-state index is 0.0960. The number of hydrogen-bond donors (Lipinski definition) is 1. The van der Waals surface area contributed by atoms with E-state index in [1.54, 1.807) is 18.3 Å². The van der Waals surface area contributed by atoms with Crippen molar-refractivity contribution in [3.63, 3.8) is 0 Å². The largest absolute Gasteiger partial charge is 0.507 e. The van der Waals surface area contributed by atoms with Crippen molar-refractivity contribution >= 4 is 23.1 Å². The molecule has 0 radical (unpaired) electrons. The van der Waals surface area contributed by atoms with Crippen LogP contribution in [0.2, 0.25) is 0 Å². The number of aliphatic hydroxyl groups is 1. The Morgan fingerprint density at radius 2 is 2.03 bits per heavy atom. The summed E-state index contributed by atoms with van der Waals surface area (Å²) in [6.45, 7) is 0.781. The number of likely N-dealkylation sites (tertiary alicyclic amines) is 1. The van der Waals surface area contributed by atoms with Crippen LogP contribution in [-0.2, 0) is 9.59 Å². The van der Waals surface area contributed by atoms with Gasteiger partial charge in [0.1, 0.15) is 5.76 Å². The average molecular weight is 396 g/mol. The van der Waals surface area contributed by atoms with Gasteiger partial charge in [0.05, 0.1) is 16.5 Å². The number of pyridine rings is 1. The fraction of sp³-hybridized carbons (Fsp3) is 0.250. The van der Waals surface area contributed by atoms with Gasteiger partial charge in [0, 0.05) is 43.2 Å². The zero-order chi connectivity index (χ0) is 21.1. The number of carbonyl (C=O) groups is 2. The Morgan fingerprint density at radius 1 is 1.28 bits per heavy atom. The smallest absolute Gasteiger partial charge is 0.295 e. The third-order valence-electron chi connectivity index (χ3n) is 4.66. The molecule has 150 valence electrons. The summed E-state index contributed by atoms with van der Waals surface area (Å²) in [6, 6.07) is 7.88. The van der Waals surface area contributed by atoms with E-state index in [-0.39, 0.29) is 23.4 Å². The van der Waals surface area contributed by atoms with Crippen LogP contribution in [0.25, 0.3) is 5.76 Å². The van der Waals surface area contributed by atoms with Gasteiger partial charge in [-0.1, -0.05) is 18.2 Å². The van der Waals surface area contributed by atoms with Gasteiger partial charge in [0.15, 0.2) is 0 Å². The molecule has 1 aromatic carbocycles. The Hall–Kier alpha value is -3.59. The van der Waals surface area contributed by atoms with Crippen molar-refractivity contribution < 1.29 is 19.6 Å². The highest BCUT2D eigenvalue weighted by atomic mass is 16.6. The average Bonchev–Trinajstić information content (AvgIpc) is 2.97. The molecule has 1 N–H and O–H groups in total. The maximum Gasteiger partial charge on any atom is 0.295 e. The van der Waals surface area contributed by atoms with Crippen LogP contribution in [0.3, 0.4) is 0 Å². The number of hydrogen-bond acceptors (Lipinski definition) is 7. The second-order valence-electron chi connectivity index (χ2n) is 6.89. The second-order valence-corrected chi connectivity index (χ2v) is 6.89. The molecule has 9 heteroatoms. The van der Waals surface area contributed by atoms with Crippen LogP contribution in [-0.4, -0.2) is 63.7 Å². The van der Waals surface area contributed by atoms with Crippen molar-refractivity contribution in [2.75, 3.05) is 27.2 Å². The first-order chi connectivity index (χ1) is 13.8. The molecule has 0 spiro atoms. The molecule has 29 heavy (non-hydrogen) atoms. The topological polar surface area (TPSA) is 117 Å². The lowest BCUT2D eigenvalue weighted by molar-refractivity contribution is -0.384. The third kappa shape index (κ3) is 3.99. The van der Waals surface area contributed by atoms with E-state index in [1.165, 1.54) is 35.4 Å². The predicted molar refractivity (Wildman–Crippen MR) is 105 cm³/mol.